The van der Waals surface area contributed by atoms with Crippen LogP contribution in [0.2, 0.25) is 0 Å². The van der Waals surface area contributed by atoms with Crippen LogP contribution in [0, 0.1) is 0 Å². The molecule has 3 aromatic rings. The Morgan fingerprint density at radius 3 is 2.85 bits per heavy atom. The third-order valence-electron chi connectivity index (χ3n) is 4.63. The molecule has 1 aromatic carbocycles. The van der Waals surface area contributed by atoms with Crippen LogP contribution in [0.15, 0.2) is 24.3 Å². The van der Waals surface area contributed by atoms with Gasteiger partial charge in [0.25, 0.3) is 0 Å². The monoisotopic (exact) mass is 374 g/mol. The number of nitrogens with zero attached hydrogens (tertiary/aromatic N) is 4. The third-order valence-corrected chi connectivity index (χ3v) is 5.70. The van der Waals surface area contributed by atoms with Crippen LogP contribution in [0.5, 0.6) is 11.6 Å². The predicted octanol–water partition coefficient (Wildman–Crippen LogP) is 2.49. The number of fused-ring (bicyclic) bond motifs is 1. The Hall–Kier alpha value is -2.16. The van der Waals surface area contributed by atoms with Gasteiger partial charge in [-0.25, -0.2) is 4.98 Å². The first-order valence-electron chi connectivity index (χ1n) is 8.74. The lowest BCUT2D eigenvalue weighted by atomic mass is 10.0. The SMILES string of the molecule is CCc1nc2sc(C(c3cccc(OC)c3)N3CCOCC3)c(O)n2n1. The van der Waals surface area contributed by atoms with Crippen LogP contribution < -0.4 is 4.74 Å². The van der Waals surface area contributed by atoms with E-state index in [0.29, 0.717) is 13.2 Å². The number of ether oxygens (including phenoxy) is 2. The Kier molecular flexibility index (Phi) is 4.80. The van der Waals surface area contributed by atoms with Gasteiger partial charge in [0.1, 0.15) is 5.75 Å². The number of aromatic hydroxyl groups is 1. The number of hydrogen-bond acceptors (Lipinski definition) is 7. The largest absolute Gasteiger partial charge is 0.497 e. The van der Waals surface area contributed by atoms with Gasteiger partial charge in [0.05, 0.1) is 31.2 Å². The van der Waals surface area contributed by atoms with Crippen LogP contribution in [0.3, 0.4) is 0 Å². The normalized spacial score (nSPS) is 16.8. The molecule has 0 saturated carbocycles. The molecule has 4 rings (SSSR count). The minimum atomic E-state index is -0.0902. The highest BCUT2D eigenvalue weighted by Crippen LogP contribution is 2.40. The van der Waals surface area contributed by atoms with Crippen molar-refractivity contribution in [2.24, 2.45) is 0 Å². The van der Waals surface area contributed by atoms with Crippen molar-refractivity contribution < 1.29 is 14.6 Å². The molecule has 2 aromatic heterocycles. The van der Waals surface area contributed by atoms with Gasteiger partial charge >= 0.3 is 0 Å². The average Bonchev–Trinajstić information content (AvgIpc) is 3.23. The van der Waals surface area contributed by atoms with E-state index < -0.39 is 0 Å². The maximum atomic E-state index is 10.9. The van der Waals surface area contributed by atoms with E-state index in [9.17, 15) is 5.11 Å². The highest BCUT2D eigenvalue weighted by Gasteiger charge is 2.30. The predicted molar refractivity (Wildman–Crippen MR) is 99.1 cm³/mol. The van der Waals surface area contributed by atoms with Crippen molar-refractivity contribution in [1.82, 2.24) is 19.5 Å². The van der Waals surface area contributed by atoms with Gasteiger partial charge in [-0.1, -0.05) is 30.4 Å². The molecule has 1 unspecified atom stereocenters. The molecule has 8 heteroatoms. The van der Waals surface area contributed by atoms with Gasteiger partial charge in [-0.2, -0.15) is 4.52 Å². The third kappa shape index (κ3) is 3.04. The number of aromatic nitrogens is 3. The molecule has 1 N–H and O–H groups in total. The van der Waals surface area contributed by atoms with Crippen molar-refractivity contribution in [3.05, 3.63) is 40.5 Å². The van der Waals surface area contributed by atoms with Crippen molar-refractivity contribution in [3.63, 3.8) is 0 Å². The number of benzene rings is 1. The fourth-order valence-electron chi connectivity index (χ4n) is 3.29. The van der Waals surface area contributed by atoms with E-state index in [1.165, 1.54) is 11.3 Å². The van der Waals surface area contributed by atoms with E-state index in [4.69, 9.17) is 9.47 Å². The van der Waals surface area contributed by atoms with Crippen LogP contribution in [0.1, 0.15) is 29.2 Å². The molecule has 1 fully saturated rings. The van der Waals surface area contributed by atoms with Gasteiger partial charge in [0.15, 0.2) is 5.82 Å². The summed E-state index contributed by atoms with van der Waals surface area (Å²) in [7, 11) is 1.66. The lowest BCUT2D eigenvalue weighted by Crippen LogP contribution is -2.39. The zero-order chi connectivity index (χ0) is 18.1. The molecule has 7 nitrogen and oxygen atoms in total. The van der Waals surface area contributed by atoms with Crippen LogP contribution in [-0.4, -0.2) is 58.0 Å². The van der Waals surface area contributed by atoms with Crippen molar-refractivity contribution in [2.75, 3.05) is 33.4 Å². The molecule has 0 spiro atoms. The number of methoxy groups -OCH3 is 1. The van der Waals surface area contributed by atoms with Crippen molar-refractivity contribution in [3.8, 4) is 11.6 Å². The molecule has 3 heterocycles. The number of aryl methyl sites for hydroxylation is 1. The number of hydrogen-bond donors (Lipinski definition) is 1. The van der Waals surface area contributed by atoms with Gasteiger partial charge in [0, 0.05) is 19.5 Å². The molecular formula is C18H22N4O3S. The topological polar surface area (TPSA) is 72.1 Å². The first-order valence-corrected chi connectivity index (χ1v) is 9.56. The zero-order valence-electron chi connectivity index (χ0n) is 14.9. The first kappa shape index (κ1) is 17.3. The maximum absolute atomic E-state index is 10.9. The van der Waals surface area contributed by atoms with E-state index in [2.05, 4.69) is 21.0 Å². The van der Waals surface area contributed by atoms with E-state index in [1.807, 2.05) is 25.1 Å². The molecule has 26 heavy (non-hydrogen) atoms. The van der Waals surface area contributed by atoms with E-state index >= 15 is 0 Å². The minimum absolute atomic E-state index is 0.0902. The summed E-state index contributed by atoms with van der Waals surface area (Å²) in [6.07, 6.45) is 0.742. The highest BCUT2D eigenvalue weighted by molar-refractivity contribution is 7.17. The minimum Gasteiger partial charge on any atom is -0.497 e. The number of rotatable bonds is 5. The lowest BCUT2D eigenvalue weighted by Gasteiger charge is -2.34. The second kappa shape index (κ2) is 7.22. The molecule has 0 bridgehead atoms. The summed E-state index contributed by atoms with van der Waals surface area (Å²) in [5.74, 6) is 1.70. The number of thiazole rings is 1. The van der Waals surface area contributed by atoms with Crippen molar-refractivity contribution in [1.29, 1.82) is 0 Å². The molecule has 0 radical (unpaired) electrons. The van der Waals surface area contributed by atoms with Crippen LogP contribution in [-0.2, 0) is 11.2 Å². The van der Waals surface area contributed by atoms with Crippen LogP contribution in [0.25, 0.3) is 4.96 Å². The molecule has 1 aliphatic rings. The van der Waals surface area contributed by atoms with Crippen LogP contribution in [0.4, 0.5) is 0 Å². The van der Waals surface area contributed by atoms with Crippen molar-refractivity contribution in [2.45, 2.75) is 19.4 Å². The Bertz CT molecular complexity index is 901. The van der Waals surface area contributed by atoms with Gasteiger partial charge in [-0.05, 0) is 17.7 Å². The Balaban J connectivity index is 1.81. The quantitative estimate of drug-likeness (QED) is 0.740. The fourth-order valence-corrected chi connectivity index (χ4v) is 4.43. The lowest BCUT2D eigenvalue weighted by molar-refractivity contribution is 0.0241. The highest BCUT2D eigenvalue weighted by atomic mass is 32.1. The van der Waals surface area contributed by atoms with Gasteiger partial charge in [-0.15, -0.1) is 5.10 Å². The van der Waals surface area contributed by atoms with Gasteiger partial charge < -0.3 is 14.6 Å². The smallest absolute Gasteiger partial charge is 0.230 e. The fraction of sp³-hybridized carbons (Fsp3) is 0.444. The van der Waals surface area contributed by atoms with Crippen LogP contribution >= 0.6 is 11.3 Å². The molecule has 1 aliphatic heterocycles. The molecular weight excluding hydrogens is 352 g/mol. The molecule has 1 saturated heterocycles. The van der Waals surface area contributed by atoms with Gasteiger partial charge in [0.2, 0.25) is 10.8 Å². The summed E-state index contributed by atoms with van der Waals surface area (Å²) in [4.78, 5) is 8.40. The number of morpholine rings is 1. The summed E-state index contributed by atoms with van der Waals surface area (Å²) in [5, 5.41) is 15.3. The summed E-state index contributed by atoms with van der Waals surface area (Å²) in [6.45, 7) is 4.97. The standard InChI is InChI=1S/C18H22N4O3S/c1-3-14-19-18-22(20-14)17(23)16(26-18)15(21-7-9-25-10-8-21)12-5-4-6-13(11-12)24-2/h4-6,11,15,23H,3,7-10H2,1-2H3. The van der Waals surface area contributed by atoms with E-state index in [-0.39, 0.29) is 11.9 Å². The summed E-state index contributed by atoms with van der Waals surface area (Å²) < 4.78 is 12.5. The van der Waals surface area contributed by atoms with Crippen molar-refractivity contribution >= 4 is 16.3 Å². The Labute approximate surface area is 155 Å². The van der Waals surface area contributed by atoms with E-state index in [0.717, 1.165) is 46.5 Å². The second-order valence-electron chi connectivity index (χ2n) is 6.19. The summed E-state index contributed by atoms with van der Waals surface area (Å²) >= 11 is 1.49. The molecule has 1 atom stereocenters. The van der Waals surface area contributed by atoms with Gasteiger partial charge in [-0.3, -0.25) is 4.90 Å². The second-order valence-corrected chi connectivity index (χ2v) is 7.20. The average molecular weight is 374 g/mol. The molecule has 0 amide bonds. The summed E-state index contributed by atoms with van der Waals surface area (Å²) in [5.41, 5.74) is 1.07. The van der Waals surface area contributed by atoms with E-state index in [1.54, 1.807) is 11.6 Å². The molecule has 138 valence electrons. The maximum Gasteiger partial charge on any atom is 0.230 e. The molecule has 0 aliphatic carbocycles. The first-order chi connectivity index (χ1) is 12.7. The Morgan fingerprint density at radius 2 is 2.15 bits per heavy atom. The Morgan fingerprint density at radius 1 is 1.35 bits per heavy atom. The summed E-state index contributed by atoms with van der Waals surface area (Å²) in [6, 6.07) is 7.90. The zero-order valence-corrected chi connectivity index (χ0v) is 15.7.